The SMILES string of the molecule is CCOCCn1c(=O)c2c(nc3n(CCOCC)c(C)c(C)n23)n(C)c1=O. The van der Waals surface area contributed by atoms with E-state index < -0.39 is 0 Å². The van der Waals surface area contributed by atoms with Crippen LogP contribution in [0.1, 0.15) is 25.2 Å². The van der Waals surface area contributed by atoms with Crippen LogP contribution in [-0.2, 0) is 29.6 Å². The smallest absolute Gasteiger partial charge is 0.332 e. The minimum Gasteiger partial charge on any atom is -0.380 e. The van der Waals surface area contributed by atoms with E-state index in [1.807, 2.05) is 36.7 Å². The van der Waals surface area contributed by atoms with Gasteiger partial charge in [0, 0.05) is 38.2 Å². The molecule has 0 aromatic carbocycles. The van der Waals surface area contributed by atoms with Crippen molar-refractivity contribution in [3.05, 3.63) is 32.2 Å². The van der Waals surface area contributed by atoms with Crippen LogP contribution in [0.2, 0.25) is 0 Å². The third-order valence-electron chi connectivity index (χ3n) is 4.96. The van der Waals surface area contributed by atoms with Crippen LogP contribution in [-0.4, -0.2) is 49.5 Å². The van der Waals surface area contributed by atoms with Crippen molar-refractivity contribution in [2.24, 2.45) is 7.05 Å². The Hall–Kier alpha value is -2.39. The highest BCUT2D eigenvalue weighted by atomic mass is 16.5. The molecule has 3 aromatic rings. The lowest BCUT2D eigenvalue weighted by molar-refractivity contribution is 0.137. The molecule has 0 saturated carbocycles. The molecule has 9 nitrogen and oxygen atoms in total. The van der Waals surface area contributed by atoms with Gasteiger partial charge in [-0.25, -0.2) is 4.79 Å². The van der Waals surface area contributed by atoms with E-state index in [4.69, 9.17) is 9.47 Å². The minimum atomic E-state index is -0.386. The van der Waals surface area contributed by atoms with Gasteiger partial charge in [-0.2, -0.15) is 4.98 Å². The van der Waals surface area contributed by atoms with E-state index in [9.17, 15) is 9.59 Å². The molecule has 148 valence electrons. The maximum absolute atomic E-state index is 13.1. The van der Waals surface area contributed by atoms with Crippen LogP contribution < -0.4 is 11.2 Å². The van der Waals surface area contributed by atoms with Gasteiger partial charge in [0.05, 0.1) is 19.8 Å². The molecule has 27 heavy (non-hydrogen) atoms. The summed E-state index contributed by atoms with van der Waals surface area (Å²) < 4.78 is 17.3. The van der Waals surface area contributed by atoms with Crippen molar-refractivity contribution in [3.63, 3.8) is 0 Å². The highest BCUT2D eigenvalue weighted by molar-refractivity contribution is 5.76. The first-order chi connectivity index (χ1) is 12.9. The van der Waals surface area contributed by atoms with Crippen molar-refractivity contribution in [2.45, 2.75) is 40.8 Å². The number of aromatic nitrogens is 5. The molecule has 3 rings (SSSR count). The van der Waals surface area contributed by atoms with Crippen LogP contribution in [0.15, 0.2) is 9.59 Å². The normalized spacial score (nSPS) is 11.9. The predicted molar refractivity (Wildman–Crippen MR) is 103 cm³/mol. The summed E-state index contributed by atoms with van der Waals surface area (Å²) >= 11 is 0. The van der Waals surface area contributed by atoms with Gasteiger partial charge in [0.2, 0.25) is 5.78 Å². The Balaban J connectivity index is 2.25. The largest absolute Gasteiger partial charge is 0.380 e. The van der Waals surface area contributed by atoms with Gasteiger partial charge >= 0.3 is 5.69 Å². The third kappa shape index (κ3) is 3.10. The summed E-state index contributed by atoms with van der Waals surface area (Å²) in [4.78, 5) is 30.4. The standard InChI is InChI=1S/C18H27N5O4/c1-6-26-10-8-21-12(3)13(4)23-14-15(19-17(21)23)20(5)18(25)22(16(14)24)9-11-27-7-2/h6-11H2,1-5H3. The zero-order valence-electron chi connectivity index (χ0n) is 16.6. The van der Waals surface area contributed by atoms with E-state index in [0.717, 1.165) is 11.4 Å². The fraction of sp³-hybridized carbons (Fsp3) is 0.611. The van der Waals surface area contributed by atoms with Crippen molar-refractivity contribution in [1.82, 2.24) is 23.1 Å². The Morgan fingerprint density at radius 1 is 0.926 bits per heavy atom. The van der Waals surface area contributed by atoms with Gasteiger partial charge < -0.3 is 14.0 Å². The van der Waals surface area contributed by atoms with Gasteiger partial charge in [0.25, 0.3) is 5.56 Å². The molecule has 0 atom stereocenters. The average molecular weight is 377 g/mol. The molecule has 9 heteroatoms. The summed E-state index contributed by atoms with van der Waals surface area (Å²) in [5, 5.41) is 0. The fourth-order valence-corrected chi connectivity index (χ4v) is 3.38. The quantitative estimate of drug-likeness (QED) is 0.543. The molecule has 0 N–H and O–H groups in total. The van der Waals surface area contributed by atoms with E-state index in [-0.39, 0.29) is 17.8 Å². The number of fused-ring (bicyclic) bond motifs is 3. The summed E-state index contributed by atoms with van der Waals surface area (Å²) in [7, 11) is 1.64. The average Bonchev–Trinajstić information content (AvgIpc) is 3.14. The molecule has 0 fully saturated rings. The Labute approximate surface area is 156 Å². The van der Waals surface area contributed by atoms with E-state index in [1.165, 1.54) is 9.13 Å². The maximum Gasteiger partial charge on any atom is 0.332 e. The number of aryl methyl sites for hydroxylation is 2. The van der Waals surface area contributed by atoms with Crippen LogP contribution >= 0.6 is 0 Å². The molecule has 0 aliphatic heterocycles. The summed E-state index contributed by atoms with van der Waals surface area (Å²) in [6.45, 7) is 10.7. The molecule has 0 saturated heterocycles. The maximum atomic E-state index is 13.1. The van der Waals surface area contributed by atoms with Crippen LogP contribution in [0, 0.1) is 13.8 Å². The monoisotopic (exact) mass is 377 g/mol. The summed E-state index contributed by atoms with van der Waals surface area (Å²) in [5.74, 6) is 0.648. The molecule has 0 aliphatic rings. The lowest BCUT2D eigenvalue weighted by Crippen LogP contribution is -2.40. The highest BCUT2D eigenvalue weighted by Crippen LogP contribution is 2.20. The highest BCUT2D eigenvalue weighted by Gasteiger charge is 2.22. The van der Waals surface area contributed by atoms with Crippen molar-refractivity contribution in [1.29, 1.82) is 0 Å². The summed E-state index contributed by atoms with van der Waals surface area (Å²) in [6.07, 6.45) is 0. The molecular formula is C18H27N5O4. The Morgan fingerprint density at radius 2 is 1.52 bits per heavy atom. The van der Waals surface area contributed by atoms with Gasteiger partial charge in [-0.1, -0.05) is 0 Å². The third-order valence-corrected chi connectivity index (χ3v) is 4.96. The van der Waals surface area contributed by atoms with Crippen LogP contribution in [0.3, 0.4) is 0 Å². The molecule has 0 bridgehead atoms. The van der Waals surface area contributed by atoms with E-state index in [0.29, 0.717) is 49.9 Å². The van der Waals surface area contributed by atoms with Crippen LogP contribution in [0.4, 0.5) is 0 Å². The Bertz CT molecular complexity index is 1090. The second-order valence-electron chi connectivity index (χ2n) is 6.43. The van der Waals surface area contributed by atoms with Crippen molar-refractivity contribution in [2.75, 3.05) is 26.4 Å². The number of ether oxygens (including phenoxy) is 2. The molecule has 0 unspecified atom stereocenters. The number of hydrogen-bond acceptors (Lipinski definition) is 5. The van der Waals surface area contributed by atoms with E-state index in [1.54, 1.807) is 7.05 Å². The van der Waals surface area contributed by atoms with Gasteiger partial charge in [0.15, 0.2) is 11.2 Å². The number of rotatable bonds is 8. The Morgan fingerprint density at radius 3 is 2.11 bits per heavy atom. The molecule has 0 amide bonds. The van der Waals surface area contributed by atoms with Crippen LogP contribution in [0.25, 0.3) is 16.9 Å². The molecule has 3 heterocycles. The minimum absolute atomic E-state index is 0.214. The zero-order valence-corrected chi connectivity index (χ0v) is 16.6. The predicted octanol–water partition coefficient (Wildman–Crippen LogP) is 0.839. The molecule has 0 spiro atoms. The first kappa shape index (κ1) is 19.4. The van der Waals surface area contributed by atoms with Crippen molar-refractivity contribution < 1.29 is 9.47 Å². The number of nitrogens with zero attached hydrogens (tertiary/aromatic N) is 5. The molecule has 3 aromatic heterocycles. The molecular weight excluding hydrogens is 350 g/mol. The van der Waals surface area contributed by atoms with Gasteiger partial charge in [-0.15, -0.1) is 0 Å². The lowest BCUT2D eigenvalue weighted by Gasteiger charge is -2.08. The summed E-state index contributed by atoms with van der Waals surface area (Å²) in [6, 6.07) is 0. The lowest BCUT2D eigenvalue weighted by atomic mass is 10.3. The van der Waals surface area contributed by atoms with Crippen molar-refractivity contribution in [3.8, 4) is 0 Å². The first-order valence-electron chi connectivity index (χ1n) is 9.27. The van der Waals surface area contributed by atoms with Gasteiger partial charge in [-0.3, -0.25) is 18.3 Å². The van der Waals surface area contributed by atoms with Crippen molar-refractivity contribution >= 4 is 16.9 Å². The topological polar surface area (TPSA) is 84.7 Å². The molecule has 0 aliphatic carbocycles. The first-order valence-corrected chi connectivity index (χ1v) is 9.27. The zero-order chi connectivity index (χ0) is 19.7. The Kier molecular flexibility index (Phi) is 5.52. The summed E-state index contributed by atoms with van der Waals surface area (Å²) in [5.41, 5.74) is 2.03. The van der Waals surface area contributed by atoms with E-state index in [2.05, 4.69) is 4.98 Å². The second-order valence-corrected chi connectivity index (χ2v) is 6.43. The second kappa shape index (κ2) is 7.69. The van der Waals surface area contributed by atoms with E-state index >= 15 is 0 Å². The van der Waals surface area contributed by atoms with Gasteiger partial charge in [-0.05, 0) is 27.7 Å². The molecule has 0 radical (unpaired) electrons. The number of imidazole rings is 2. The van der Waals surface area contributed by atoms with Gasteiger partial charge in [0.1, 0.15) is 0 Å². The van der Waals surface area contributed by atoms with Crippen LogP contribution in [0.5, 0.6) is 0 Å². The fourth-order valence-electron chi connectivity index (χ4n) is 3.38. The number of hydrogen-bond donors (Lipinski definition) is 0.